The summed E-state index contributed by atoms with van der Waals surface area (Å²) in [7, 11) is 0. The molecule has 1 aromatic heterocycles. The molecule has 0 N–H and O–H groups in total. The van der Waals surface area contributed by atoms with Gasteiger partial charge in [0.1, 0.15) is 0 Å². The van der Waals surface area contributed by atoms with Gasteiger partial charge in [0.25, 0.3) is 0 Å². The summed E-state index contributed by atoms with van der Waals surface area (Å²) in [6, 6.07) is 95.5. The summed E-state index contributed by atoms with van der Waals surface area (Å²) in [6.45, 7) is 0. The number of para-hydroxylation sites is 6. The van der Waals surface area contributed by atoms with Crippen molar-refractivity contribution in [2.75, 3.05) is 14.7 Å². The first-order valence-electron chi connectivity index (χ1n) is 21.8. The van der Waals surface area contributed by atoms with Crippen LogP contribution in [0, 0.1) is 0 Å². The lowest BCUT2D eigenvalue weighted by molar-refractivity contribution is 1.16. The van der Waals surface area contributed by atoms with Crippen molar-refractivity contribution >= 4 is 73.0 Å². The number of hydrogen-bond donors (Lipinski definition) is 0. The summed E-state index contributed by atoms with van der Waals surface area (Å²) in [6.07, 6.45) is 0. The van der Waals surface area contributed by atoms with Gasteiger partial charge in [0.2, 0.25) is 0 Å². The van der Waals surface area contributed by atoms with Crippen molar-refractivity contribution in [2.24, 2.45) is 0 Å². The molecule has 0 aliphatic heterocycles. The summed E-state index contributed by atoms with van der Waals surface area (Å²) >= 11 is 0. The third-order valence-electron chi connectivity index (χ3n) is 11.9. The van der Waals surface area contributed by atoms with Crippen LogP contribution in [0.1, 0.15) is 0 Å². The lowest BCUT2D eigenvalue weighted by atomic mass is 10.0. The molecule has 0 saturated heterocycles. The van der Waals surface area contributed by atoms with Gasteiger partial charge in [0.15, 0.2) is 0 Å². The summed E-state index contributed by atoms with van der Waals surface area (Å²) in [4.78, 5) is 7.06. The van der Waals surface area contributed by atoms with Crippen LogP contribution in [0.2, 0.25) is 0 Å². The third-order valence-corrected chi connectivity index (χ3v) is 11.9. The predicted molar refractivity (Wildman–Crippen MR) is 270 cm³/mol. The van der Waals surface area contributed by atoms with Gasteiger partial charge in [-0.2, -0.15) is 0 Å². The second kappa shape index (κ2) is 17.0. The second-order valence-electron chi connectivity index (χ2n) is 15.9. The first-order valence-corrected chi connectivity index (χ1v) is 21.8. The van der Waals surface area contributed by atoms with Crippen molar-refractivity contribution in [3.8, 4) is 16.8 Å². The van der Waals surface area contributed by atoms with Crippen molar-refractivity contribution in [1.29, 1.82) is 0 Å². The molecular formula is C60H44N4. The lowest BCUT2D eigenvalue weighted by Crippen LogP contribution is -2.14. The van der Waals surface area contributed by atoms with Gasteiger partial charge in [-0.05, 0) is 132 Å². The summed E-state index contributed by atoms with van der Waals surface area (Å²) < 4.78 is 2.45. The van der Waals surface area contributed by atoms with Gasteiger partial charge in [-0.15, -0.1) is 0 Å². The van der Waals surface area contributed by atoms with Crippen molar-refractivity contribution in [3.05, 3.63) is 267 Å². The van der Waals surface area contributed by atoms with E-state index in [1.165, 1.54) is 21.9 Å². The number of fused-ring (bicyclic) bond motifs is 3. The number of hydrogen-bond acceptors (Lipinski definition) is 3. The van der Waals surface area contributed by atoms with Crippen molar-refractivity contribution < 1.29 is 0 Å². The summed E-state index contributed by atoms with van der Waals surface area (Å²) in [5, 5.41) is 2.34. The minimum atomic E-state index is 1.04. The van der Waals surface area contributed by atoms with E-state index >= 15 is 0 Å². The fraction of sp³-hybridized carbons (Fsp3) is 0. The number of benzene rings is 10. The maximum Gasteiger partial charge on any atom is 0.0542 e. The Morgan fingerprint density at radius 3 is 0.938 bits per heavy atom. The minimum absolute atomic E-state index is 1.04. The number of aromatic nitrogens is 1. The zero-order valence-electron chi connectivity index (χ0n) is 35.2. The van der Waals surface area contributed by atoms with Gasteiger partial charge < -0.3 is 19.3 Å². The van der Waals surface area contributed by atoms with Crippen LogP contribution in [0.5, 0.6) is 0 Å². The van der Waals surface area contributed by atoms with E-state index in [0.717, 1.165) is 67.9 Å². The molecular weight excluding hydrogens is 777 g/mol. The van der Waals surface area contributed by atoms with E-state index in [9.17, 15) is 0 Å². The zero-order valence-corrected chi connectivity index (χ0v) is 35.2. The SMILES string of the molecule is c1ccc(-c2ccc3c(c2)c2cc(N(c4ccccc4)c4ccccc4)ccc2n3-c2cc(N(c3ccccc3)c3ccccc3)cc(N(c3ccccc3)c3ccccc3)c2)cc1. The smallest absolute Gasteiger partial charge is 0.0542 e. The molecule has 0 aliphatic carbocycles. The van der Waals surface area contributed by atoms with Gasteiger partial charge in [-0.3, -0.25) is 0 Å². The largest absolute Gasteiger partial charge is 0.310 e. The highest BCUT2D eigenvalue weighted by atomic mass is 15.2. The Kier molecular flexibility index (Phi) is 10.2. The normalized spacial score (nSPS) is 11.1. The van der Waals surface area contributed by atoms with E-state index in [1.54, 1.807) is 0 Å². The minimum Gasteiger partial charge on any atom is -0.310 e. The van der Waals surface area contributed by atoms with E-state index in [1.807, 2.05) is 0 Å². The van der Waals surface area contributed by atoms with Crippen LogP contribution >= 0.6 is 0 Å². The summed E-state index contributed by atoms with van der Waals surface area (Å²) in [5.41, 5.74) is 15.3. The Morgan fingerprint density at radius 1 is 0.219 bits per heavy atom. The molecule has 0 aliphatic rings. The number of rotatable bonds is 11. The Hall–Kier alpha value is -8.60. The second-order valence-corrected chi connectivity index (χ2v) is 15.9. The molecule has 0 spiro atoms. The first-order chi connectivity index (χ1) is 31.8. The molecule has 0 bridgehead atoms. The molecule has 0 atom stereocenters. The monoisotopic (exact) mass is 820 g/mol. The molecule has 1 heterocycles. The van der Waals surface area contributed by atoms with Crippen LogP contribution in [0.4, 0.5) is 51.2 Å². The summed E-state index contributed by atoms with van der Waals surface area (Å²) in [5.74, 6) is 0. The fourth-order valence-corrected chi connectivity index (χ4v) is 9.01. The highest BCUT2D eigenvalue weighted by Crippen LogP contribution is 2.45. The predicted octanol–water partition coefficient (Wildman–Crippen LogP) is 16.9. The molecule has 0 radical (unpaired) electrons. The molecule has 11 rings (SSSR count). The van der Waals surface area contributed by atoms with E-state index < -0.39 is 0 Å². The van der Waals surface area contributed by atoms with Crippen molar-refractivity contribution in [3.63, 3.8) is 0 Å². The van der Waals surface area contributed by atoms with Crippen LogP contribution in [-0.4, -0.2) is 4.57 Å². The Morgan fingerprint density at radius 2 is 0.547 bits per heavy atom. The first kappa shape index (κ1) is 38.3. The lowest BCUT2D eigenvalue weighted by Gasteiger charge is -2.30. The Balaban J connectivity index is 1.21. The van der Waals surface area contributed by atoms with E-state index in [2.05, 4.69) is 286 Å². The van der Waals surface area contributed by atoms with Gasteiger partial charge in [-0.1, -0.05) is 146 Å². The van der Waals surface area contributed by atoms with Crippen LogP contribution in [0.3, 0.4) is 0 Å². The molecule has 304 valence electrons. The third kappa shape index (κ3) is 7.33. The van der Waals surface area contributed by atoms with Crippen molar-refractivity contribution in [1.82, 2.24) is 4.57 Å². The van der Waals surface area contributed by atoms with E-state index in [-0.39, 0.29) is 0 Å². The average molecular weight is 821 g/mol. The van der Waals surface area contributed by atoms with Gasteiger partial charge in [-0.25, -0.2) is 0 Å². The highest BCUT2D eigenvalue weighted by molar-refractivity contribution is 6.12. The maximum atomic E-state index is 2.45. The maximum absolute atomic E-state index is 2.45. The number of nitrogens with zero attached hydrogens (tertiary/aromatic N) is 4. The zero-order chi connectivity index (χ0) is 42.7. The van der Waals surface area contributed by atoms with Gasteiger partial charge in [0.05, 0.1) is 28.1 Å². The Bertz CT molecular complexity index is 3080. The van der Waals surface area contributed by atoms with Crippen LogP contribution in [-0.2, 0) is 0 Å². The standard InChI is InChI=1S/C60H44N4/c1-8-22-45(23-9-1)46-36-38-59-57(40-46)58-44-53(61(47-24-10-2-11-25-47)48-26-12-3-13-27-48)37-39-60(58)64(59)56-42-54(62(49-28-14-4-15-29-49)50-30-16-5-17-31-50)41-55(43-56)63(51-32-18-6-19-33-51)52-34-20-7-21-35-52/h1-44H. The number of anilines is 9. The molecule has 10 aromatic carbocycles. The molecule has 4 nitrogen and oxygen atoms in total. The molecule has 0 unspecified atom stereocenters. The van der Waals surface area contributed by atoms with Crippen molar-refractivity contribution in [2.45, 2.75) is 0 Å². The van der Waals surface area contributed by atoms with E-state index in [0.29, 0.717) is 0 Å². The highest BCUT2D eigenvalue weighted by Gasteiger charge is 2.23. The topological polar surface area (TPSA) is 14.7 Å². The molecule has 0 fully saturated rings. The fourth-order valence-electron chi connectivity index (χ4n) is 9.01. The van der Waals surface area contributed by atoms with Crippen LogP contribution in [0.15, 0.2) is 267 Å². The van der Waals surface area contributed by atoms with Crippen LogP contribution in [0.25, 0.3) is 38.6 Å². The molecule has 11 aromatic rings. The quantitative estimate of drug-likeness (QED) is 0.129. The molecule has 0 saturated carbocycles. The van der Waals surface area contributed by atoms with Crippen LogP contribution < -0.4 is 14.7 Å². The van der Waals surface area contributed by atoms with Gasteiger partial charge in [0, 0.05) is 50.6 Å². The average Bonchev–Trinajstić information content (AvgIpc) is 3.69. The Labute approximate surface area is 374 Å². The molecule has 4 heteroatoms. The molecule has 0 amide bonds. The van der Waals surface area contributed by atoms with Gasteiger partial charge >= 0.3 is 0 Å². The molecule has 64 heavy (non-hydrogen) atoms. The van der Waals surface area contributed by atoms with E-state index in [4.69, 9.17) is 0 Å².